The number of hydrogen-bond acceptors (Lipinski definition) is 4. The number of nitrogens with zero attached hydrogens (tertiary/aromatic N) is 4. The van der Waals surface area contributed by atoms with Crippen LogP contribution >= 0.6 is 0 Å². The number of hydrogen-bond donors (Lipinski definition) is 1. The van der Waals surface area contributed by atoms with Gasteiger partial charge in [-0.15, -0.1) is 0 Å². The Labute approximate surface area is 146 Å². The van der Waals surface area contributed by atoms with Gasteiger partial charge in [-0.1, -0.05) is 30.3 Å². The molecule has 2 aromatic heterocycles. The third kappa shape index (κ3) is 3.74. The molecule has 2 heterocycles. The van der Waals surface area contributed by atoms with E-state index in [1.54, 1.807) is 11.0 Å². The van der Waals surface area contributed by atoms with Crippen LogP contribution in [0.4, 0.5) is 0 Å². The van der Waals surface area contributed by atoms with Crippen LogP contribution in [0.15, 0.2) is 55.1 Å². The molecular weight excluding hydrogens is 314 g/mol. The minimum absolute atomic E-state index is 0.00306. The Kier molecular flexibility index (Phi) is 4.88. The van der Waals surface area contributed by atoms with Gasteiger partial charge in [0.15, 0.2) is 0 Å². The highest BCUT2D eigenvalue weighted by atomic mass is 16.1. The molecule has 0 saturated carbocycles. The summed E-state index contributed by atoms with van der Waals surface area (Å²) in [5, 5.41) is 7.14. The molecule has 3 rings (SSSR count). The molecule has 128 valence electrons. The average molecular weight is 335 g/mol. The predicted molar refractivity (Wildman–Crippen MR) is 96.1 cm³/mol. The number of pyridine rings is 1. The second kappa shape index (κ2) is 7.25. The summed E-state index contributed by atoms with van der Waals surface area (Å²) in [6.45, 7) is 5.79. The van der Waals surface area contributed by atoms with E-state index >= 15 is 0 Å². The van der Waals surface area contributed by atoms with Crippen molar-refractivity contribution in [3.63, 3.8) is 0 Å². The summed E-state index contributed by atoms with van der Waals surface area (Å²) in [5.41, 5.74) is 3.18. The van der Waals surface area contributed by atoms with Crippen LogP contribution in [-0.4, -0.2) is 31.7 Å². The summed E-state index contributed by atoms with van der Waals surface area (Å²) in [4.78, 5) is 21.1. The van der Waals surface area contributed by atoms with E-state index in [1.165, 1.54) is 6.33 Å². The van der Waals surface area contributed by atoms with E-state index in [9.17, 15) is 4.79 Å². The van der Waals surface area contributed by atoms with Crippen molar-refractivity contribution in [3.8, 4) is 11.3 Å². The Hall–Kier alpha value is -3.02. The van der Waals surface area contributed by atoms with Crippen LogP contribution in [0.2, 0.25) is 0 Å². The van der Waals surface area contributed by atoms with Crippen LogP contribution in [0.25, 0.3) is 11.3 Å². The van der Waals surface area contributed by atoms with Crippen molar-refractivity contribution >= 4 is 5.91 Å². The number of carbonyl (C=O) groups excluding carboxylic acids is 1. The normalized spacial score (nSPS) is 13.2. The number of amides is 1. The number of nitrogens with one attached hydrogen (secondary N) is 1. The van der Waals surface area contributed by atoms with Gasteiger partial charge in [0, 0.05) is 11.6 Å². The molecular formula is C19H21N5O. The monoisotopic (exact) mass is 335 g/mol. The molecule has 3 aromatic rings. The van der Waals surface area contributed by atoms with Crippen LogP contribution in [0, 0.1) is 6.92 Å². The molecule has 1 aromatic carbocycles. The van der Waals surface area contributed by atoms with E-state index in [1.807, 2.05) is 63.2 Å². The average Bonchev–Trinajstić information content (AvgIpc) is 3.16. The molecule has 0 saturated heterocycles. The maximum absolute atomic E-state index is 12.6. The first-order chi connectivity index (χ1) is 12.1. The molecule has 0 radical (unpaired) electrons. The summed E-state index contributed by atoms with van der Waals surface area (Å²) in [6.07, 6.45) is 3.14. The number of rotatable bonds is 5. The third-order valence-electron chi connectivity index (χ3n) is 4.34. The molecule has 6 heteroatoms. The Morgan fingerprint density at radius 3 is 2.52 bits per heavy atom. The van der Waals surface area contributed by atoms with Gasteiger partial charge in [0.2, 0.25) is 0 Å². The first kappa shape index (κ1) is 16.8. The smallest absolute Gasteiger partial charge is 0.253 e. The van der Waals surface area contributed by atoms with Gasteiger partial charge in [-0.3, -0.25) is 9.78 Å². The van der Waals surface area contributed by atoms with E-state index < -0.39 is 0 Å². The van der Waals surface area contributed by atoms with Crippen molar-refractivity contribution in [3.05, 3.63) is 66.4 Å². The number of carbonyl (C=O) groups is 1. The largest absolute Gasteiger partial charge is 0.347 e. The van der Waals surface area contributed by atoms with Crippen molar-refractivity contribution in [1.29, 1.82) is 0 Å². The fraction of sp³-hybridized carbons (Fsp3) is 0.263. The van der Waals surface area contributed by atoms with Gasteiger partial charge in [-0.25, -0.2) is 9.67 Å². The summed E-state index contributed by atoms with van der Waals surface area (Å²) in [5.74, 6) is -0.135. The van der Waals surface area contributed by atoms with E-state index in [0.29, 0.717) is 11.3 Å². The molecule has 0 spiro atoms. The van der Waals surface area contributed by atoms with Crippen molar-refractivity contribution in [1.82, 2.24) is 25.1 Å². The zero-order valence-corrected chi connectivity index (χ0v) is 14.5. The summed E-state index contributed by atoms with van der Waals surface area (Å²) < 4.78 is 1.73. The molecule has 0 bridgehead atoms. The van der Waals surface area contributed by atoms with Gasteiger partial charge >= 0.3 is 0 Å². The van der Waals surface area contributed by atoms with Crippen LogP contribution in [0.3, 0.4) is 0 Å². The maximum atomic E-state index is 12.6. The summed E-state index contributed by atoms with van der Waals surface area (Å²) >= 11 is 0. The van der Waals surface area contributed by atoms with Crippen LogP contribution in [0.1, 0.15) is 35.9 Å². The number of benzene rings is 1. The molecule has 0 fully saturated rings. The lowest BCUT2D eigenvalue weighted by molar-refractivity contribution is 0.0927. The highest BCUT2D eigenvalue weighted by Crippen LogP contribution is 2.19. The van der Waals surface area contributed by atoms with E-state index in [2.05, 4.69) is 20.4 Å². The topological polar surface area (TPSA) is 72.7 Å². The molecule has 6 nitrogen and oxygen atoms in total. The summed E-state index contributed by atoms with van der Waals surface area (Å²) in [6, 6.07) is 13.5. The SMILES string of the molecule is Cc1nc(-c2ccccc2)ccc1C(=O)N[C@H](C)[C@H](C)n1cncn1. The standard InChI is InChI=1S/C19H21N5O/c1-13(15(3)24-12-20-11-21-24)23-19(25)17-9-10-18(22-14(17)2)16-7-5-4-6-8-16/h4-13,15H,1-3H3,(H,23,25)/t13-,15+/m1/s1. The zero-order valence-electron chi connectivity index (χ0n) is 14.5. The lowest BCUT2D eigenvalue weighted by atomic mass is 10.1. The lowest BCUT2D eigenvalue weighted by Crippen LogP contribution is -2.38. The molecule has 0 aliphatic rings. The minimum atomic E-state index is -0.135. The van der Waals surface area contributed by atoms with Gasteiger partial charge in [0.25, 0.3) is 5.91 Å². The highest BCUT2D eigenvalue weighted by molar-refractivity contribution is 5.95. The predicted octanol–water partition coefficient (Wildman–Crippen LogP) is 3.03. The van der Waals surface area contributed by atoms with Crippen molar-refractivity contribution in [2.45, 2.75) is 32.9 Å². The quantitative estimate of drug-likeness (QED) is 0.778. The van der Waals surface area contributed by atoms with Crippen LogP contribution < -0.4 is 5.32 Å². The first-order valence-corrected chi connectivity index (χ1v) is 8.24. The molecule has 2 atom stereocenters. The van der Waals surface area contributed by atoms with Gasteiger partial charge < -0.3 is 5.32 Å². The molecule has 1 amide bonds. The second-order valence-electron chi connectivity index (χ2n) is 6.07. The van der Waals surface area contributed by atoms with Gasteiger partial charge in [-0.05, 0) is 32.9 Å². The molecule has 25 heavy (non-hydrogen) atoms. The molecule has 0 aliphatic heterocycles. The Morgan fingerprint density at radius 1 is 1.12 bits per heavy atom. The fourth-order valence-corrected chi connectivity index (χ4v) is 2.63. The maximum Gasteiger partial charge on any atom is 0.253 e. The van der Waals surface area contributed by atoms with Gasteiger partial charge in [0.1, 0.15) is 12.7 Å². The molecule has 1 N–H and O–H groups in total. The fourth-order valence-electron chi connectivity index (χ4n) is 2.63. The van der Waals surface area contributed by atoms with Gasteiger partial charge in [-0.2, -0.15) is 5.10 Å². The highest BCUT2D eigenvalue weighted by Gasteiger charge is 2.19. The minimum Gasteiger partial charge on any atom is -0.347 e. The first-order valence-electron chi connectivity index (χ1n) is 8.24. The van der Waals surface area contributed by atoms with Crippen molar-refractivity contribution in [2.75, 3.05) is 0 Å². The summed E-state index contributed by atoms with van der Waals surface area (Å²) in [7, 11) is 0. The number of aromatic nitrogens is 4. The molecule has 0 unspecified atom stereocenters. The van der Waals surface area contributed by atoms with E-state index in [0.717, 1.165) is 11.3 Å². The van der Waals surface area contributed by atoms with E-state index in [-0.39, 0.29) is 18.0 Å². The Balaban J connectivity index is 1.74. The van der Waals surface area contributed by atoms with Crippen LogP contribution in [-0.2, 0) is 0 Å². The second-order valence-corrected chi connectivity index (χ2v) is 6.07. The van der Waals surface area contributed by atoms with E-state index in [4.69, 9.17) is 0 Å². The van der Waals surface area contributed by atoms with Crippen molar-refractivity contribution in [2.24, 2.45) is 0 Å². The Morgan fingerprint density at radius 2 is 1.88 bits per heavy atom. The molecule has 0 aliphatic carbocycles. The Bertz CT molecular complexity index is 846. The van der Waals surface area contributed by atoms with Gasteiger partial charge in [0.05, 0.1) is 23.0 Å². The lowest BCUT2D eigenvalue weighted by Gasteiger charge is -2.21. The van der Waals surface area contributed by atoms with Crippen molar-refractivity contribution < 1.29 is 4.79 Å². The zero-order chi connectivity index (χ0) is 17.8. The third-order valence-corrected chi connectivity index (χ3v) is 4.34. The van der Waals surface area contributed by atoms with Crippen LogP contribution in [0.5, 0.6) is 0 Å². The number of aryl methyl sites for hydroxylation is 1.